The molecule has 0 spiro atoms. The van der Waals surface area contributed by atoms with Gasteiger partial charge in [-0.3, -0.25) is 9.10 Å². The predicted octanol–water partition coefficient (Wildman–Crippen LogP) is 4.98. The highest BCUT2D eigenvalue weighted by Crippen LogP contribution is 2.32. The molecular weight excluding hydrogens is 494 g/mol. The van der Waals surface area contributed by atoms with Crippen molar-refractivity contribution in [3.8, 4) is 11.5 Å². The minimum absolute atomic E-state index is 0.118. The third-order valence-electron chi connectivity index (χ3n) is 4.55. The summed E-state index contributed by atoms with van der Waals surface area (Å²) in [5, 5.41) is 2.73. The van der Waals surface area contributed by atoms with E-state index in [1.54, 1.807) is 0 Å². The number of carbonyl (C=O) groups is 1. The molecule has 0 radical (unpaired) electrons. The molecule has 3 aromatic rings. The van der Waals surface area contributed by atoms with Gasteiger partial charge in [0.05, 0.1) is 29.8 Å². The van der Waals surface area contributed by atoms with Gasteiger partial charge in [0.25, 0.3) is 10.0 Å². The van der Waals surface area contributed by atoms with Crippen LogP contribution in [-0.2, 0) is 14.8 Å². The van der Waals surface area contributed by atoms with E-state index in [0.29, 0.717) is 10.8 Å². The van der Waals surface area contributed by atoms with Gasteiger partial charge in [0.1, 0.15) is 12.4 Å². The number of nitrogens with zero attached hydrogens (tertiary/aromatic N) is 1. The first-order valence-electron chi connectivity index (χ1n) is 9.41. The van der Waals surface area contributed by atoms with Crippen LogP contribution in [0.1, 0.15) is 0 Å². The Labute approximate surface area is 200 Å². The Morgan fingerprint density at radius 3 is 2.24 bits per heavy atom. The lowest BCUT2D eigenvalue weighted by molar-refractivity contribution is -0.114. The minimum atomic E-state index is -4.22. The standard InChI is InChI=1S/C22H19Cl2FN2O5S/c1-31-20-10-8-17(12-21(20)32-2)33(29,30)27(16-6-3-14(23)4-7-16)13-22(28)26-15-5-9-19(25)18(24)11-15/h3-12H,13H2,1-2H3,(H,26,28). The number of rotatable bonds is 8. The van der Waals surface area contributed by atoms with Gasteiger partial charge in [-0.15, -0.1) is 0 Å². The minimum Gasteiger partial charge on any atom is -0.493 e. The number of amides is 1. The van der Waals surface area contributed by atoms with Crippen molar-refractivity contribution in [1.29, 1.82) is 0 Å². The maximum Gasteiger partial charge on any atom is 0.264 e. The average molecular weight is 513 g/mol. The fourth-order valence-electron chi connectivity index (χ4n) is 2.93. The molecule has 174 valence electrons. The molecule has 11 heteroatoms. The highest BCUT2D eigenvalue weighted by molar-refractivity contribution is 7.92. The summed E-state index contributed by atoms with van der Waals surface area (Å²) >= 11 is 11.7. The maximum absolute atomic E-state index is 13.5. The molecule has 1 N–H and O–H groups in total. The number of benzene rings is 3. The number of sulfonamides is 1. The summed E-state index contributed by atoms with van der Waals surface area (Å²) in [6.45, 7) is -0.576. The number of nitrogens with one attached hydrogen (secondary N) is 1. The summed E-state index contributed by atoms with van der Waals surface area (Å²) in [7, 11) is -1.41. The van der Waals surface area contributed by atoms with Crippen LogP contribution in [0.25, 0.3) is 0 Å². The summed E-state index contributed by atoms with van der Waals surface area (Å²) in [4.78, 5) is 12.6. The van der Waals surface area contributed by atoms with Gasteiger partial charge in [0.2, 0.25) is 5.91 Å². The molecule has 0 fully saturated rings. The quantitative estimate of drug-likeness (QED) is 0.459. The first kappa shape index (κ1) is 24.6. The zero-order valence-electron chi connectivity index (χ0n) is 17.5. The van der Waals surface area contributed by atoms with Crippen molar-refractivity contribution in [2.75, 3.05) is 30.4 Å². The number of anilines is 2. The summed E-state index contributed by atoms with van der Waals surface area (Å²) < 4.78 is 51.7. The Bertz CT molecular complexity index is 1270. The van der Waals surface area contributed by atoms with Crippen LogP contribution in [-0.4, -0.2) is 35.1 Å². The summed E-state index contributed by atoms with van der Waals surface area (Å²) in [5.74, 6) is -0.759. The fraction of sp³-hybridized carbons (Fsp3) is 0.136. The second-order valence-electron chi connectivity index (χ2n) is 6.68. The van der Waals surface area contributed by atoms with Crippen molar-refractivity contribution < 1.29 is 27.1 Å². The van der Waals surface area contributed by atoms with E-state index in [9.17, 15) is 17.6 Å². The lowest BCUT2D eigenvalue weighted by Crippen LogP contribution is -2.38. The highest BCUT2D eigenvalue weighted by Gasteiger charge is 2.28. The third-order valence-corrected chi connectivity index (χ3v) is 6.86. The van der Waals surface area contributed by atoms with Gasteiger partial charge in [0, 0.05) is 16.8 Å². The monoisotopic (exact) mass is 512 g/mol. The molecule has 3 aromatic carbocycles. The van der Waals surface area contributed by atoms with Gasteiger partial charge in [-0.05, 0) is 54.6 Å². The normalized spacial score (nSPS) is 11.1. The molecule has 33 heavy (non-hydrogen) atoms. The largest absolute Gasteiger partial charge is 0.493 e. The smallest absolute Gasteiger partial charge is 0.264 e. The topological polar surface area (TPSA) is 84.9 Å². The zero-order valence-corrected chi connectivity index (χ0v) is 19.8. The van der Waals surface area contributed by atoms with Crippen molar-refractivity contribution in [2.24, 2.45) is 0 Å². The van der Waals surface area contributed by atoms with Crippen molar-refractivity contribution in [2.45, 2.75) is 4.90 Å². The van der Waals surface area contributed by atoms with Crippen molar-refractivity contribution >= 4 is 50.5 Å². The van der Waals surface area contributed by atoms with E-state index in [4.69, 9.17) is 32.7 Å². The highest BCUT2D eigenvalue weighted by atomic mass is 35.5. The molecule has 0 saturated carbocycles. The second-order valence-corrected chi connectivity index (χ2v) is 9.39. The lowest BCUT2D eigenvalue weighted by atomic mass is 10.3. The molecule has 0 unspecified atom stereocenters. The van der Waals surface area contributed by atoms with E-state index >= 15 is 0 Å². The van der Waals surface area contributed by atoms with E-state index < -0.39 is 28.3 Å². The van der Waals surface area contributed by atoms with E-state index in [1.807, 2.05) is 0 Å². The number of hydrogen-bond donors (Lipinski definition) is 1. The first-order valence-corrected chi connectivity index (χ1v) is 11.6. The van der Waals surface area contributed by atoms with Gasteiger partial charge in [0.15, 0.2) is 11.5 Å². The molecule has 0 bridgehead atoms. The van der Waals surface area contributed by atoms with Crippen LogP contribution in [0.3, 0.4) is 0 Å². The second kappa shape index (κ2) is 10.3. The lowest BCUT2D eigenvalue weighted by Gasteiger charge is -2.24. The number of ether oxygens (including phenoxy) is 2. The van der Waals surface area contributed by atoms with E-state index in [-0.39, 0.29) is 27.0 Å². The number of methoxy groups -OCH3 is 2. The molecule has 1 amide bonds. The molecule has 0 aliphatic carbocycles. The predicted molar refractivity (Wildman–Crippen MR) is 126 cm³/mol. The van der Waals surface area contributed by atoms with Gasteiger partial charge in [-0.25, -0.2) is 12.8 Å². The number of hydrogen-bond acceptors (Lipinski definition) is 5. The van der Waals surface area contributed by atoms with Gasteiger partial charge in [-0.1, -0.05) is 23.2 Å². The summed E-state index contributed by atoms with van der Waals surface area (Å²) in [5.41, 5.74) is 0.424. The van der Waals surface area contributed by atoms with E-state index in [1.165, 1.54) is 68.8 Å². The van der Waals surface area contributed by atoms with Crippen LogP contribution < -0.4 is 19.1 Å². The molecule has 0 saturated heterocycles. The van der Waals surface area contributed by atoms with Crippen LogP contribution in [0.4, 0.5) is 15.8 Å². The molecule has 0 aliphatic rings. The van der Waals surface area contributed by atoms with E-state index in [2.05, 4.69) is 5.32 Å². The Balaban J connectivity index is 1.98. The summed E-state index contributed by atoms with van der Waals surface area (Å²) in [6, 6.07) is 13.7. The maximum atomic E-state index is 13.5. The first-order chi connectivity index (χ1) is 15.6. The Morgan fingerprint density at radius 1 is 0.970 bits per heavy atom. The molecule has 0 aliphatic heterocycles. The van der Waals surface area contributed by atoms with Crippen LogP contribution in [0, 0.1) is 5.82 Å². The van der Waals surface area contributed by atoms with Crippen molar-refractivity contribution in [1.82, 2.24) is 0 Å². The number of carbonyl (C=O) groups excluding carboxylic acids is 1. The number of halogens is 3. The van der Waals surface area contributed by atoms with E-state index in [0.717, 1.165) is 10.4 Å². The Kier molecular flexibility index (Phi) is 7.68. The fourth-order valence-corrected chi connectivity index (χ4v) is 4.67. The Hall–Kier alpha value is -3.01. The molecule has 0 heterocycles. The zero-order chi connectivity index (χ0) is 24.2. The summed E-state index contributed by atoms with van der Waals surface area (Å²) in [6.07, 6.45) is 0. The third kappa shape index (κ3) is 5.68. The van der Waals surface area contributed by atoms with Crippen molar-refractivity contribution in [3.05, 3.63) is 76.5 Å². The SMILES string of the molecule is COc1ccc(S(=O)(=O)N(CC(=O)Nc2ccc(F)c(Cl)c2)c2ccc(Cl)cc2)cc1OC. The Morgan fingerprint density at radius 2 is 1.64 bits per heavy atom. The molecule has 3 rings (SSSR count). The molecule has 7 nitrogen and oxygen atoms in total. The molecule has 0 atom stereocenters. The van der Waals surface area contributed by atoms with Gasteiger partial charge < -0.3 is 14.8 Å². The average Bonchev–Trinajstić information content (AvgIpc) is 2.80. The van der Waals surface area contributed by atoms with Crippen LogP contribution in [0.2, 0.25) is 10.0 Å². The molecule has 0 aromatic heterocycles. The molecular formula is C22H19Cl2FN2O5S. The van der Waals surface area contributed by atoms with Crippen LogP contribution >= 0.6 is 23.2 Å². The van der Waals surface area contributed by atoms with Gasteiger partial charge in [-0.2, -0.15) is 0 Å². The van der Waals surface area contributed by atoms with Crippen LogP contribution in [0.5, 0.6) is 11.5 Å². The van der Waals surface area contributed by atoms with Gasteiger partial charge >= 0.3 is 0 Å². The van der Waals surface area contributed by atoms with Crippen LogP contribution in [0.15, 0.2) is 65.6 Å². The van der Waals surface area contributed by atoms with Crippen molar-refractivity contribution in [3.63, 3.8) is 0 Å².